The zero-order chi connectivity index (χ0) is 7.98. The van der Waals surface area contributed by atoms with E-state index in [0.29, 0.717) is 0 Å². The first-order valence-electron chi connectivity index (χ1n) is 2.90. The summed E-state index contributed by atoms with van der Waals surface area (Å²) in [4.78, 5) is 10.1. The van der Waals surface area contributed by atoms with Crippen molar-refractivity contribution in [2.24, 2.45) is 0 Å². The van der Waals surface area contributed by atoms with Crippen molar-refractivity contribution in [2.75, 3.05) is 19.8 Å². The lowest BCUT2D eigenvalue weighted by Crippen LogP contribution is -2.40. The van der Waals surface area contributed by atoms with Crippen LogP contribution in [-0.2, 0) is 4.79 Å². The van der Waals surface area contributed by atoms with Crippen molar-refractivity contribution in [1.82, 2.24) is 5.32 Å². The molecule has 0 aromatic rings. The molecule has 0 heterocycles. The third-order valence-electron chi connectivity index (χ3n) is 0.983. The smallest absolute Gasteiger partial charge is 0.323 e. The van der Waals surface area contributed by atoms with Crippen molar-refractivity contribution in [3.8, 4) is 0 Å². The molecule has 0 fully saturated rings. The van der Waals surface area contributed by atoms with Gasteiger partial charge in [-0.3, -0.25) is 4.79 Å². The molecule has 0 unspecified atom stereocenters. The Hall–Kier alpha value is -0.650. The van der Waals surface area contributed by atoms with Gasteiger partial charge in [0.25, 0.3) is 0 Å². The van der Waals surface area contributed by atoms with Gasteiger partial charge in [-0.2, -0.15) is 0 Å². The lowest BCUT2D eigenvalue weighted by molar-refractivity contribution is -0.140. The fourth-order valence-corrected chi connectivity index (χ4v) is 0.469. The number of aliphatic carboxylic acids is 1. The van der Waals surface area contributed by atoms with E-state index < -0.39 is 18.6 Å². The van der Waals surface area contributed by atoms with Crippen LogP contribution in [0.25, 0.3) is 0 Å². The summed E-state index contributed by atoms with van der Waals surface area (Å²) in [6.45, 7) is -0.420. The molecule has 5 heteroatoms. The molecule has 4 N–H and O–H groups in total. The summed E-state index contributed by atoms with van der Waals surface area (Å²) in [6, 6.07) is -0.966. The summed E-state index contributed by atoms with van der Waals surface area (Å²) in [6.07, 6.45) is 0. The summed E-state index contributed by atoms with van der Waals surface area (Å²) >= 11 is 0. The Balaban J connectivity index is 3.50. The number of rotatable bonds is 5. The zero-order valence-corrected chi connectivity index (χ0v) is 5.45. The van der Waals surface area contributed by atoms with Gasteiger partial charge in [0.2, 0.25) is 0 Å². The monoisotopic (exact) mass is 149 g/mol. The lowest BCUT2D eigenvalue weighted by atomic mass is 10.3. The average molecular weight is 149 g/mol. The van der Waals surface area contributed by atoms with Crippen LogP contribution in [-0.4, -0.2) is 47.1 Å². The molecule has 0 amide bonds. The molecule has 0 saturated heterocycles. The van der Waals surface area contributed by atoms with Crippen LogP contribution in [0, 0.1) is 0 Å². The van der Waals surface area contributed by atoms with Crippen LogP contribution in [0.2, 0.25) is 0 Å². The van der Waals surface area contributed by atoms with Gasteiger partial charge in [0.15, 0.2) is 0 Å². The van der Waals surface area contributed by atoms with Crippen LogP contribution in [0.3, 0.4) is 0 Å². The van der Waals surface area contributed by atoms with Crippen LogP contribution in [0.4, 0.5) is 0 Å². The van der Waals surface area contributed by atoms with E-state index in [4.69, 9.17) is 15.3 Å². The number of carboxylic acids is 1. The molecule has 60 valence electrons. The third kappa shape index (κ3) is 3.39. The predicted octanol–water partition coefficient (Wildman–Crippen LogP) is -1.99. The number of hydrogen-bond acceptors (Lipinski definition) is 4. The molecule has 0 radical (unpaired) electrons. The highest BCUT2D eigenvalue weighted by atomic mass is 16.4. The molecule has 0 aromatic carbocycles. The molecule has 1 atom stereocenters. The number of aliphatic hydroxyl groups is 2. The number of carboxylic acid groups (broad SMARTS) is 1. The predicted molar refractivity (Wildman–Crippen MR) is 33.6 cm³/mol. The standard InChI is InChI=1S/C5H11NO4/c7-2-1-6-4(3-8)5(9)10/h4,6-8H,1-3H2,(H,9,10)/t4-/m0/s1. The molecule has 10 heavy (non-hydrogen) atoms. The van der Waals surface area contributed by atoms with E-state index in [9.17, 15) is 4.79 Å². The Bertz CT molecular complexity index is 106. The van der Waals surface area contributed by atoms with Crippen LogP contribution in [0.5, 0.6) is 0 Å². The Morgan fingerprint density at radius 2 is 2.10 bits per heavy atom. The van der Waals surface area contributed by atoms with Crippen LogP contribution >= 0.6 is 0 Å². The Morgan fingerprint density at radius 3 is 2.40 bits per heavy atom. The molecular weight excluding hydrogens is 138 g/mol. The maximum absolute atomic E-state index is 10.1. The molecular formula is C5H11NO4. The molecule has 0 bridgehead atoms. The van der Waals surface area contributed by atoms with E-state index in [1.165, 1.54) is 0 Å². The summed E-state index contributed by atoms with van der Waals surface area (Å²) in [5.41, 5.74) is 0. The minimum absolute atomic E-state index is 0.135. The minimum Gasteiger partial charge on any atom is -0.480 e. The van der Waals surface area contributed by atoms with Crippen LogP contribution in [0.15, 0.2) is 0 Å². The maximum Gasteiger partial charge on any atom is 0.323 e. The van der Waals surface area contributed by atoms with Crippen molar-refractivity contribution in [1.29, 1.82) is 0 Å². The first-order chi connectivity index (χ1) is 4.72. The summed E-state index contributed by atoms with van der Waals surface area (Å²) in [7, 11) is 0. The van der Waals surface area contributed by atoms with Crippen molar-refractivity contribution in [2.45, 2.75) is 6.04 Å². The van der Waals surface area contributed by atoms with Gasteiger partial charge in [-0.1, -0.05) is 0 Å². The fourth-order valence-electron chi connectivity index (χ4n) is 0.469. The van der Waals surface area contributed by atoms with Crippen molar-refractivity contribution in [3.05, 3.63) is 0 Å². The molecule has 0 saturated carbocycles. The average Bonchev–Trinajstić information content (AvgIpc) is 1.89. The van der Waals surface area contributed by atoms with Crippen molar-refractivity contribution >= 4 is 5.97 Å². The second-order valence-electron chi connectivity index (χ2n) is 1.75. The van der Waals surface area contributed by atoms with Gasteiger partial charge in [0.05, 0.1) is 13.2 Å². The highest BCUT2D eigenvalue weighted by molar-refractivity contribution is 5.73. The van der Waals surface area contributed by atoms with Gasteiger partial charge in [-0.25, -0.2) is 0 Å². The van der Waals surface area contributed by atoms with Gasteiger partial charge in [-0.15, -0.1) is 0 Å². The second-order valence-corrected chi connectivity index (χ2v) is 1.75. The van der Waals surface area contributed by atoms with E-state index in [0.717, 1.165) is 0 Å². The normalized spacial score (nSPS) is 13.0. The van der Waals surface area contributed by atoms with E-state index in [-0.39, 0.29) is 13.2 Å². The number of aliphatic hydroxyl groups excluding tert-OH is 2. The second kappa shape index (κ2) is 5.16. The van der Waals surface area contributed by atoms with Crippen molar-refractivity contribution < 1.29 is 20.1 Å². The number of nitrogens with one attached hydrogen (secondary N) is 1. The van der Waals surface area contributed by atoms with E-state index >= 15 is 0 Å². The lowest BCUT2D eigenvalue weighted by Gasteiger charge is -2.08. The first-order valence-corrected chi connectivity index (χ1v) is 2.90. The molecule has 0 aliphatic heterocycles. The largest absolute Gasteiger partial charge is 0.480 e. The van der Waals surface area contributed by atoms with Gasteiger partial charge in [-0.05, 0) is 0 Å². The number of hydrogen-bond donors (Lipinski definition) is 4. The Kier molecular flexibility index (Phi) is 4.82. The third-order valence-corrected chi connectivity index (χ3v) is 0.983. The first kappa shape index (κ1) is 9.35. The highest BCUT2D eigenvalue weighted by Gasteiger charge is 2.13. The molecule has 0 spiro atoms. The minimum atomic E-state index is -1.11. The van der Waals surface area contributed by atoms with Crippen LogP contribution in [0.1, 0.15) is 0 Å². The maximum atomic E-state index is 10.1. The van der Waals surface area contributed by atoms with Gasteiger partial charge in [0.1, 0.15) is 6.04 Å². The quantitative estimate of drug-likeness (QED) is 0.363. The topological polar surface area (TPSA) is 89.8 Å². The summed E-state index contributed by atoms with van der Waals surface area (Å²) in [5.74, 6) is -1.11. The zero-order valence-electron chi connectivity index (χ0n) is 5.45. The molecule has 0 rings (SSSR count). The van der Waals surface area contributed by atoms with E-state index in [2.05, 4.69) is 5.32 Å². The molecule has 5 nitrogen and oxygen atoms in total. The molecule has 0 aromatic heterocycles. The highest BCUT2D eigenvalue weighted by Crippen LogP contribution is 1.79. The molecule has 0 aliphatic rings. The van der Waals surface area contributed by atoms with Crippen molar-refractivity contribution in [3.63, 3.8) is 0 Å². The Labute approximate surface area is 58.3 Å². The van der Waals surface area contributed by atoms with Gasteiger partial charge in [0, 0.05) is 6.54 Å². The summed E-state index contributed by atoms with van der Waals surface area (Å²) < 4.78 is 0. The fraction of sp³-hybridized carbons (Fsp3) is 0.800. The summed E-state index contributed by atoms with van der Waals surface area (Å²) in [5, 5.41) is 27.4. The van der Waals surface area contributed by atoms with Gasteiger partial charge < -0.3 is 20.6 Å². The Morgan fingerprint density at radius 1 is 1.50 bits per heavy atom. The van der Waals surface area contributed by atoms with Gasteiger partial charge >= 0.3 is 5.97 Å². The number of carbonyl (C=O) groups is 1. The molecule has 0 aliphatic carbocycles. The SMILES string of the molecule is O=C(O)[C@H](CO)NCCO. The van der Waals surface area contributed by atoms with Crippen LogP contribution < -0.4 is 5.32 Å². The van der Waals surface area contributed by atoms with E-state index in [1.54, 1.807) is 0 Å². The van der Waals surface area contributed by atoms with E-state index in [1.807, 2.05) is 0 Å².